The van der Waals surface area contributed by atoms with Gasteiger partial charge in [-0.1, -0.05) is 0 Å². The van der Waals surface area contributed by atoms with E-state index in [-0.39, 0.29) is 0 Å². The van der Waals surface area contributed by atoms with Crippen LogP contribution in [-0.4, -0.2) is 55.1 Å². The lowest BCUT2D eigenvalue weighted by Gasteiger charge is -2.32. The number of nitrogens with zero attached hydrogens (tertiary/aromatic N) is 2. The van der Waals surface area contributed by atoms with Crippen molar-refractivity contribution in [2.45, 2.75) is 12.6 Å². The number of alkyl halides is 3. The summed E-state index contributed by atoms with van der Waals surface area (Å²) in [4.78, 5) is 14.4. The van der Waals surface area contributed by atoms with Crippen molar-refractivity contribution in [3.63, 3.8) is 0 Å². The molecule has 0 aromatic rings. The van der Waals surface area contributed by atoms with Crippen molar-refractivity contribution in [1.29, 1.82) is 0 Å². The first-order valence-corrected chi connectivity index (χ1v) is 4.41. The van der Waals surface area contributed by atoms with Crippen LogP contribution in [0.2, 0.25) is 0 Å². The Morgan fingerprint density at radius 1 is 1.21 bits per heavy atom. The van der Waals surface area contributed by atoms with E-state index in [0.29, 0.717) is 26.2 Å². The Bertz CT molecular complexity index is 209. The normalized spacial score (nSPS) is 19.9. The van der Waals surface area contributed by atoms with E-state index in [1.807, 2.05) is 11.9 Å². The molecule has 0 N–H and O–H groups in total. The standard InChI is InChI=1S/C8H13F3N2O/c1-12-2-4-13(5-3-12)7(14)6-8(9,10)11/h2-6H2,1H3. The van der Waals surface area contributed by atoms with Gasteiger partial charge in [-0.05, 0) is 7.05 Å². The van der Waals surface area contributed by atoms with Gasteiger partial charge in [0.15, 0.2) is 0 Å². The summed E-state index contributed by atoms with van der Waals surface area (Å²) < 4.78 is 35.6. The van der Waals surface area contributed by atoms with Crippen LogP contribution in [0.5, 0.6) is 0 Å². The number of piperazine rings is 1. The smallest absolute Gasteiger partial charge is 0.340 e. The van der Waals surface area contributed by atoms with E-state index >= 15 is 0 Å². The molecule has 0 spiro atoms. The Kier molecular flexibility index (Phi) is 3.36. The Labute approximate surface area is 80.5 Å². The first-order chi connectivity index (χ1) is 6.38. The topological polar surface area (TPSA) is 23.6 Å². The molecular formula is C8H13F3N2O. The van der Waals surface area contributed by atoms with Crippen LogP contribution in [0.15, 0.2) is 0 Å². The molecule has 0 aliphatic carbocycles. The minimum absolute atomic E-state index is 0.394. The zero-order chi connectivity index (χ0) is 10.8. The summed E-state index contributed by atoms with van der Waals surface area (Å²) in [5, 5.41) is 0. The van der Waals surface area contributed by atoms with Crippen LogP contribution in [-0.2, 0) is 4.79 Å². The highest BCUT2D eigenvalue weighted by Crippen LogP contribution is 2.20. The highest BCUT2D eigenvalue weighted by atomic mass is 19.4. The molecule has 1 aliphatic heterocycles. The summed E-state index contributed by atoms with van der Waals surface area (Å²) in [6.07, 6.45) is -5.73. The highest BCUT2D eigenvalue weighted by molar-refractivity contribution is 5.76. The molecule has 0 aromatic carbocycles. The summed E-state index contributed by atoms with van der Waals surface area (Å²) in [5.41, 5.74) is 0. The summed E-state index contributed by atoms with van der Waals surface area (Å²) in [7, 11) is 1.88. The van der Waals surface area contributed by atoms with Crippen LogP contribution in [0.25, 0.3) is 0 Å². The molecule has 6 heteroatoms. The van der Waals surface area contributed by atoms with Crippen LogP contribution in [0.4, 0.5) is 13.2 Å². The third-order valence-electron chi connectivity index (χ3n) is 2.21. The van der Waals surface area contributed by atoms with Crippen molar-refractivity contribution >= 4 is 5.91 Å². The summed E-state index contributed by atoms with van der Waals surface area (Å²) in [5.74, 6) is -0.814. The second-order valence-electron chi connectivity index (χ2n) is 3.48. The van der Waals surface area contributed by atoms with E-state index in [4.69, 9.17) is 0 Å². The summed E-state index contributed by atoms with van der Waals surface area (Å²) in [6, 6.07) is 0. The van der Waals surface area contributed by atoms with Gasteiger partial charge in [-0.2, -0.15) is 13.2 Å². The van der Waals surface area contributed by atoms with E-state index in [1.165, 1.54) is 4.90 Å². The number of hydrogen-bond donors (Lipinski definition) is 0. The quantitative estimate of drug-likeness (QED) is 0.636. The molecule has 0 atom stereocenters. The van der Waals surface area contributed by atoms with E-state index in [1.54, 1.807) is 0 Å². The molecule has 14 heavy (non-hydrogen) atoms. The molecule has 0 radical (unpaired) electrons. The van der Waals surface area contributed by atoms with Crippen molar-refractivity contribution in [2.75, 3.05) is 33.2 Å². The molecule has 1 fully saturated rings. The Balaban J connectivity index is 2.38. The Morgan fingerprint density at radius 2 is 1.71 bits per heavy atom. The first-order valence-electron chi connectivity index (χ1n) is 4.41. The van der Waals surface area contributed by atoms with Gasteiger partial charge in [-0.3, -0.25) is 4.79 Å². The molecule has 0 unspecified atom stereocenters. The summed E-state index contributed by atoms with van der Waals surface area (Å²) in [6.45, 7) is 2.07. The third-order valence-corrected chi connectivity index (χ3v) is 2.21. The SMILES string of the molecule is CN1CCN(C(=O)CC(F)(F)F)CC1. The third kappa shape index (κ3) is 3.53. The van der Waals surface area contributed by atoms with Gasteiger partial charge in [0.25, 0.3) is 0 Å². The van der Waals surface area contributed by atoms with Gasteiger partial charge in [0.2, 0.25) is 5.91 Å². The van der Waals surface area contributed by atoms with Crippen molar-refractivity contribution in [1.82, 2.24) is 9.80 Å². The fourth-order valence-corrected chi connectivity index (χ4v) is 1.34. The molecule has 0 saturated carbocycles. The molecule has 1 aliphatic rings. The fourth-order valence-electron chi connectivity index (χ4n) is 1.34. The molecular weight excluding hydrogens is 197 g/mol. The van der Waals surface area contributed by atoms with Crippen molar-refractivity contribution in [3.05, 3.63) is 0 Å². The lowest BCUT2D eigenvalue weighted by molar-refractivity contribution is -0.162. The van der Waals surface area contributed by atoms with Crippen molar-refractivity contribution in [2.24, 2.45) is 0 Å². The van der Waals surface area contributed by atoms with Gasteiger partial charge >= 0.3 is 6.18 Å². The number of halogens is 3. The minimum Gasteiger partial charge on any atom is -0.340 e. The molecule has 1 heterocycles. The summed E-state index contributed by atoms with van der Waals surface area (Å²) >= 11 is 0. The Hall–Kier alpha value is -0.780. The van der Waals surface area contributed by atoms with Crippen molar-refractivity contribution in [3.8, 4) is 0 Å². The van der Waals surface area contributed by atoms with Crippen molar-refractivity contribution < 1.29 is 18.0 Å². The van der Waals surface area contributed by atoms with Gasteiger partial charge in [0, 0.05) is 26.2 Å². The number of hydrogen-bond acceptors (Lipinski definition) is 2. The maximum atomic E-state index is 11.9. The van der Waals surface area contributed by atoms with Gasteiger partial charge in [0.1, 0.15) is 6.42 Å². The predicted molar refractivity (Wildman–Crippen MR) is 44.7 cm³/mol. The minimum atomic E-state index is -4.39. The lowest BCUT2D eigenvalue weighted by Crippen LogP contribution is -2.48. The number of likely N-dealkylation sites (N-methyl/N-ethyl adjacent to an activating group) is 1. The fraction of sp³-hybridized carbons (Fsp3) is 0.875. The molecule has 3 nitrogen and oxygen atoms in total. The molecule has 1 amide bonds. The van der Waals surface area contributed by atoms with Gasteiger partial charge in [-0.15, -0.1) is 0 Å². The number of carbonyl (C=O) groups is 1. The molecule has 0 bridgehead atoms. The highest BCUT2D eigenvalue weighted by Gasteiger charge is 2.34. The first kappa shape index (κ1) is 11.3. The molecule has 1 saturated heterocycles. The molecule has 82 valence electrons. The van der Waals surface area contributed by atoms with E-state index in [2.05, 4.69) is 0 Å². The zero-order valence-corrected chi connectivity index (χ0v) is 7.97. The maximum Gasteiger partial charge on any atom is 0.397 e. The van der Waals surface area contributed by atoms with Gasteiger partial charge < -0.3 is 9.80 Å². The van der Waals surface area contributed by atoms with Crippen LogP contribution < -0.4 is 0 Å². The van der Waals surface area contributed by atoms with Crippen LogP contribution in [0.1, 0.15) is 6.42 Å². The Morgan fingerprint density at radius 3 is 2.14 bits per heavy atom. The molecule has 1 rings (SSSR count). The number of rotatable bonds is 1. The largest absolute Gasteiger partial charge is 0.397 e. The van der Waals surface area contributed by atoms with E-state index < -0.39 is 18.5 Å². The second kappa shape index (κ2) is 4.16. The number of carbonyl (C=O) groups excluding carboxylic acids is 1. The molecule has 0 aromatic heterocycles. The van der Waals surface area contributed by atoms with E-state index in [9.17, 15) is 18.0 Å². The predicted octanol–water partition coefficient (Wildman–Crippen LogP) is 0.713. The average Bonchev–Trinajstić information content (AvgIpc) is 2.02. The van der Waals surface area contributed by atoms with Crippen LogP contribution in [0, 0.1) is 0 Å². The lowest BCUT2D eigenvalue weighted by atomic mass is 10.3. The second-order valence-corrected chi connectivity index (χ2v) is 3.48. The maximum absolute atomic E-state index is 11.9. The van der Waals surface area contributed by atoms with Gasteiger partial charge in [-0.25, -0.2) is 0 Å². The monoisotopic (exact) mass is 210 g/mol. The average molecular weight is 210 g/mol. The van der Waals surface area contributed by atoms with Crippen LogP contribution in [0.3, 0.4) is 0 Å². The number of amides is 1. The zero-order valence-electron chi connectivity index (χ0n) is 7.97. The van der Waals surface area contributed by atoms with Gasteiger partial charge in [0.05, 0.1) is 0 Å². The van der Waals surface area contributed by atoms with E-state index in [0.717, 1.165) is 0 Å². The van der Waals surface area contributed by atoms with Crippen LogP contribution >= 0.6 is 0 Å².